The molecule has 138 valence electrons. The minimum atomic E-state index is 0.0697. The van der Waals surface area contributed by atoms with Crippen LogP contribution in [0.1, 0.15) is 38.5 Å². The van der Waals surface area contributed by atoms with Crippen molar-refractivity contribution < 1.29 is 14.3 Å². The number of unbranched alkanes of at least 4 members (excludes halogenated alkanes) is 1. The van der Waals surface area contributed by atoms with E-state index >= 15 is 0 Å². The number of benzene rings is 1. The van der Waals surface area contributed by atoms with Gasteiger partial charge in [-0.15, -0.1) is 0 Å². The minimum absolute atomic E-state index is 0.0697. The van der Waals surface area contributed by atoms with E-state index in [0.29, 0.717) is 13.2 Å². The third-order valence-corrected chi connectivity index (χ3v) is 5.05. The Morgan fingerprint density at radius 2 is 1.84 bits per heavy atom. The maximum Gasteiger partial charge on any atom is 0.227 e. The highest BCUT2D eigenvalue weighted by atomic mass is 16.5. The van der Waals surface area contributed by atoms with Crippen LogP contribution in [-0.4, -0.2) is 50.3 Å². The summed E-state index contributed by atoms with van der Waals surface area (Å²) in [6, 6.07) is 7.69. The number of likely N-dealkylation sites (tertiary alicyclic amines) is 1. The second kappa shape index (κ2) is 9.78. The zero-order valence-electron chi connectivity index (χ0n) is 15.0. The van der Waals surface area contributed by atoms with Crippen molar-refractivity contribution in [3.8, 4) is 5.75 Å². The number of amides is 1. The minimum Gasteiger partial charge on any atom is -0.494 e. The van der Waals surface area contributed by atoms with E-state index < -0.39 is 0 Å². The van der Waals surface area contributed by atoms with Crippen molar-refractivity contribution in [3.05, 3.63) is 24.3 Å². The molecule has 2 heterocycles. The van der Waals surface area contributed by atoms with E-state index in [4.69, 9.17) is 9.47 Å². The number of nitrogens with one attached hydrogen (secondary N) is 1. The van der Waals surface area contributed by atoms with Gasteiger partial charge >= 0.3 is 0 Å². The van der Waals surface area contributed by atoms with E-state index in [9.17, 15) is 4.79 Å². The van der Waals surface area contributed by atoms with Crippen LogP contribution in [0.2, 0.25) is 0 Å². The van der Waals surface area contributed by atoms with Crippen LogP contribution in [0.25, 0.3) is 0 Å². The molecule has 0 aliphatic carbocycles. The Morgan fingerprint density at radius 1 is 1.12 bits per heavy atom. The summed E-state index contributed by atoms with van der Waals surface area (Å²) in [5.41, 5.74) is 0.831. The summed E-state index contributed by atoms with van der Waals surface area (Å²) in [5.74, 6) is 1.03. The van der Waals surface area contributed by atoms with Gasteiger partial charge in [-0.2, -0.15) is 0 Å². The summed E-state index contributed by atoms with van der Waals surface area (Å²) in [6.45, 7) is 5.84. The lowest BCUT2D eigenvalue weighted by Gasteiger charge is -2.21. The molecule has 2 aliphatic heterocycles. The third kappa shape index (κ3) is 6.01. The number of hydrogen-bond donors (Lipinski definition) is 1. The number of carbonyl (C=O) groups is 1. The Kier molecular flexibility index (Phi) is 7.12. The average Bonchev–Trinajstić information content (AvgIpc) is 3.17. The first kappa shape index (κ1) is 18.2. The van der Waals surface area contributed by atoms with Crippen molar-refractivity contribution in [2.75, 3.05) is 44.8 Å². The Morgan fingerprint density at radius 3 is 2.56 bits per heavy atom. The average molecular weight is 346 g/mol. The fourth-order valence-corrected chi connectivity index (χ4v) is 3.47. The topological polar surface area (TPSA) is 50.8 Å². The Hall–Kier alpha value is -1.59. The third-order valence-electron chi connectivity index (χ3n) is 5.05. The Balaban J connectivity index is 1.33. The van der Waals surface area contributed by atoms with Crippen LogP contribution in [0.3, 0.4) is 0 Å². The first-order valence-electron chi connectivity index (χ1n) is 9.65. The molecule has 0 saturated carbocycles. The van der Waals surface area contributed by atoms with Gasteiger partial charge in [-0.1, -0.05) is 0 Å². The van der Waals surface area contributed by atoms with Crippen molar-refractivity contribution >= 4 is 11.6 Å². The van der Waals surface area contributed by atoms with Crippen LogP contribution in [0.4, 0.5) is 5.69 Å². The summed E-state index contributed by atoms with van der Waals surface area (Å²) in [7, 11) is 0. The molecule has 0 bridgehead atoms. The lowest BCUT2D eigenvalue weighted by atomic mass is 9.99. The fourth-order valence-electron chi connectivity index (χ4n) is 3.47. The molecular weight excluding hydrogens is 316 g/mol. The molecule has 25 heavy (non-hydrogen) atoms. The lowest BCUT2D eigenvalue weighted by Crippen LogP contribution is -2.28. The molecule has 5 nitrogen and oxygen atoms in total. The van der Waals surface area contributed by atoms with Crippen LogP contribution < -0.4 is 10.1 Å². The highest BCUT2D eigenvalue weighted by molar-refractivity contribution is 5.92. The largest absolute Gasteiger partial charge is 0.494 e. The summed E-state index contributed by atoms with van der Waals surface area (Å²) in [4.78, 5) is 14.7. The maximum atomic E-state index is 12.2. The van der Waals surface area contributed by atoms with Gasteiger partial charge in [-0.3, -0.25) is 4.79 Å². The molecule has 1 aromatic rings. The molecule has 1 aromatic carbocycles. The summed E-state index contributed by atoms with van der Waals surface area (Å²) >= 11 is 0. The molecule has 5 heteroatoms. The molecule has 2 fully saturated rings. The molecular formula is C20H30N2O3. The molecule has 2 aliphatic rings. The normalized spacial score (nSPS) is 19.0. The van der Waals surface area contributed by atoms with Gasteiger partial charge in [0.15, 0.2) is 0 Å². The Labute approximate surface area is 150 Å². The molecule has 0 unspecified atom stereocenters. The molecule has 0 aromatic heterocycles. The zero-order chi connectivity index (χ0) is 17.3. The smallest absolute Gasteiger partial charge is 0.227 e. The first-order chi connectivity index (χ1) is 12.3. The number of anilines is 1. The molecule has 1 N–H and O–H groups in total. The molecule has 0 radical (unpaired) electrons. The van der Waals surface area contributed by atoms with E-state index in [0.717, 1.165) is 37.3 Å². The van der Waals surface area contributed by atoms with Crippen LogP contribution in [0.15, 0.2) is 24.3 Å². The van der Waals surface area contributed by atoms with Gasteiger partial charge in [0.2, 0.25) is 5.91 Å². The zero-order valence-corrected chi connectivity index (χ0v) is 15.0. The quantitative estimate of drug-likeness (QED) is 0.734. The lowest BCUT2D eigenvalue weighted by molar-refractivity contribution is -0.122. The summed E-state index contributed by atoms with van der Waals surface area (Å²) in [6.07, 6.45) is 6.61. The second-order valence-electron chi connectivity index (χ2n) is 7.00. The predicted octanol–water partition coefficient (Wildman–Crippen LogP) is 3.31. The first-order valence-corrected chi connectivity index (χ1v) is 9.65. The van der Waals surface area contributed by atoms with Crippen LogP contribution in [0.5, 0.6) is 5.75 Å². The number of hydrogen-bond acceptors (Lipinski definition) is 4. The fraction of sp³-hybridized carbons (Fsp3) is 0.650. The number of rotatable bonds is 8. The molecule has 3 rings (SSSR count). The van der Waals surface area contributed by atoms with Gasteiger partial charge in [-0.25, -0.2) is 0 Å². The van der Waals surface area contributed by atoms with E-state index in [1.54, 1.807) is 0 Å². The van der Waals surface area contributed by atoms with E-state index in [1.165, 1.54) is 38.9 Å². The van der Waals surface area contributed by atoms with Crippen molar-refractivity contribution in [3.63, 3.8) is 0 Å². The molecule has 1 amide bonds. The van der Waals surface area contributed by atoms with Crippen molar-refractivity contribution in [1.29, 1.82) is 0 Å². The molecule has 0 atom stereocenters. The van der Waals surface area contributed by atoms with Crippen molar-refractivity contribution in [2.45, 2.75) is 38.5 Å². The maximum absolute atomic E-state index is 12.2. The monoisotopic (exact) mass is 346 g/mol. The molecule has 0 spiro atoms. The van der Waals surface area contributed by atoms with Gasteiger partial charge in [0.05, 0.1) is 6.61 Å². The van der Waals surface area contributed by atoms with E-state index in [-0.39, 0.29) is 11.8 Å². The predicted molar refractivity (Wildman–Crippen MR) is 99.0 cm³/mol. The molecule has 2 saturated heterocycles. The van der Waals surface area contributed by atoms with Gasteiger partial charge < -0.3 is 19.7 Å². The highest BCUT2D eigenvalue weighted by Gasteiger charge is 2.21. The number of nitrogens with zero attached hydrogens (tertiary/aromatic N) is 1. The van der Waals surface area contributed by atoms with Crippen LogP contribution >= 0.6 is 0 Å². The standard InChI is InChI=1S/C20H30N2O3/c23-20(17-9-15-24-16-10-17)21-18-5-7-19(8-6-18)25-14-4-3-13-22-11-1-2-12-22/h5-8,17H,1-4,9-16H2,(H,21,23). The van der Waals surface area contributed by atoms with Gasteiger partial charge in [0.25, 0.3) is 0 Å². The van der Waals surface area contributed by atoms with Gasteiger partial charge in [0.1, 0.15) is 5.75 Å². The SMILES string of the molecule is O=C(Nc1ccc(OCCCCN2CCCC2)cc1)C1CCOCC1. The van der Waals surface area contributed by atoms with Gasteiger partial charge in [-0.05, 0) is 82.4 Å². The van der Waals surface area contributed by atoms with E-state index in [1.807, 2.05) is 24.3 Å². The number of carbonyl (C=O) groups excluding carboxylic acids is 1. The van der Waals surface area contributed by atoms with Crippen LogP contribution in [0, 0.1) is 5.92 Å². The Bertz CT molecular complexity index is 520. The number of ether oxygens (including phenoxy) is 2. The second-order valence-corrected chi connectivity index (χ2v) is 7.00. The van der Waals surface area contributed by atoms with Crippen LogP contribution in [-0.2, 0) is 9.53 Å². The summed E-state index contributed by atoms with van der Waals surface area (Å²) in [5, 5.41) is 2.99. The van der Waals surface area contributed by atoms with Crippen molar-refractivity contribution in [1.82, 2.24) is 4.90 Å². The van der Waals surface area contributed by atoms with Crippen molar-refractivity contribution in [2.24, 2.45) is 5.92 Å². The summed E-state index contributed by atoms with van der Waals surface area (Å²) < 4.78 is 11.1. The van der Waals surface area contributed by atoms with E-state index in [2.05, 4.69) is 10.2 Å². The highest BCUT2D eigenvalue weighted by Crippen LogP contribution is 2.20. The van der Waals surface area contributed by atoms with Gasteiger partial charge in [0, 0.05) is 24.8 Å².